The van der Waals surface area contributed by atoms with Gasteiger partial charge in [0.25, 0.3) is 0 Å². The zero-order chi connectivity index (χ0) is 29.6. The zero-order valence-electron chi connectivity index (χ0n) is 24.7. The number of aromatic hydroxyl groups is 4. The quantitative estimate of drug-likeness (QED) is 0.0959. The highest BCUT2D eigenvalue weighted by molar-refractivity contribution is 5.39. The van der Waals surface area contributed by atoms with E-state index in [1.54, 1.807) is 48.5 Å². The van der Waals surface area contributed by atoms with Crippen LogP contribution in [0, 0.1) is 0 Å². The molecule has 0 amide bonds. The van der Waals surface area contributed by atoms with Crippen LogP contribution in [-0.4, -0.2) is 20.4 Å². The monoisotopic (exact) mass is 566 g/mol. The van der Waals surface area contributed by atoms with Gasteiger partial charge in [-0.2, -0.15) is 0 Å². The molecule has 0 heterocycles. The van der Waals surface area contributed by atoms with Gasteiger partial charge in [-0.15, -0.1) is 0 Å². The number of rotatable bonds is 17. The third-order valence-corrected chi connectivity index (χ3v) is 8.42. The van der Waals surface area contributed by atoms with Crippen LogP contribution in [0.5, 0.6) is 23.0 Å². The van der Waals surface area contributed by atoms with Gasteiger partial charge >= 0.3 is 0 Å². The number of phenols is 4. The molecule has 4 aromatic rings. The van der Waals surface area contributed by atoms with Crippen molar-refractivity contribution in [1.29, 1.82) is 0 Å². The highest BCUT2D eigenvalue weighted by atomic mass is 16.3. The molecule has 4 rings (SSSR count). The molecular formula is C38H46O4. The van der Waals surface area contributed by atoms with Crippen molar-refractivity contribution in [3.05, 3.63) is 119 Å². The van der Waals surface area contributed by atoms with E-state index in [9.17, 15) is 20.4 Å². The van der Waals surface area contributed by atoms with E-state index >= 15 is 0 Å². The summed E-state index contributed by atoms with van der Waals surface area (Å²) in [6.45, 7) is 0. The maximum Gasteiger partial charge on any atom is 0.115 e. The van der Waals surface area contributed by atoms with Gasteiger partial charge in [0.1, 0.15) is 23.0 Å². The van der Waals surface area contributed by atoms with Crippen LogP contribution in [0.15, 0.2) is 97.1 Å². The van der Waals surface area contributed by atoms with E-state index in [1.165, 1.54) is 73.6 Å². The maximum atomic E-state index is 9.70. The molecule has 42 heavy (non-hydrogen) atoms. The molecule has 0 aliphatic carbocycles. The molecule has 4 aromatic carbocycles. The predicted octanol–water partition coefficient (Wildman–Crippen LogP) is 10.2. The lowest BCUT2D eigenvalue weighted by molar-refractivity contribution is 0.473. The third kappa shape index (κ3) is 9.87. The number of hydrogen-bond donors (Lipinski definition) is 4. The smallest absolute Gasteiger partial charge is 0.115 e. The van der Waals surface area contributed by atoms with Crippen molar-refractivity contribution in [2.45, 2.75) is 88.9 Å². The second-order valence-corrected chi connectivity index (χ2v) is 11.6. The summed E-state index contributed by atoms with van der Waals surface area (Å²) in [7, 11) is 0. The van der Waals surface area contributed by atoms with Gasteiger partial charge < -0.3 is 20.4 Å². The Kier molecular flexibility index (Phi) is 12.2. The highest BCUT2D eigenvalue weighted by Crippen LogP contribution is 2.33. The van der Waals surface area contributed by atoms with Crippen LogP contribution < -0.4 is 0 Å². The molecule has 4 nitrogen and oxygen atoms in total. The average Bonchev–Trinajstić information content (AvgIpc) is 3.00. The number of phenolic OH excluding ortho intramolecular Hbond substituents is 4. The van der Waals surface area contributed by atoms with E-state index in [0.717, 1.165) is 25.7 Å². The Bertz CT molecular complexity index is 1100. The summed E-state index contributed by atoms with van der Waals surface area (Å²) >= 11 is 0. The maximum absolute atomic E-state index is 9.70. The minimum Gasteiger partial charge on any atom is -0.508 e. The molecule has 0 saturated heterocycles. The van der Waals surface area contributed by atoms with Crippen molar-refractivity contribution < 1.29 is 20.4 Å². The second-order valence-electron chi connectivity index (χ2n) is 11.6. The Balaban J connectivity index is 1.10. The molecule has 0 atom stereocenters. The van der Waals surface area contributed by atoms with Gasteiger partial charge in [-0.3, -0.25) is 0 Å². The number of benzene rings is 4. The Hall–Kier alpha value is -3.92. The van der Waals surface area contributed by atoms with Crippen molar-refractivity contribution >= 4 is 0 Å². The van der Waals surface area contributed by atoms with E-state index in [0.29, 0.717) is 0 Å². The van der Waals surface area contributed by atoms with Crippen molar-refractivity contribution in [2.24, 2.45) is 0 Å². The Labute approximate surface area is 251 Å². The van der Waals surface area contributed by atoms with Crippen LogP contribution in [0.2, 0.25) is 0 Å². The Morgan fingerprint density at radius 1 is 0.286 bits per heavy atom. The largest absolute Gasteiger partial charge is 0.508 e. The van der Waals surface area contributed by atoms with E-state index in [2.05, 4.69) is 0 Å². The Morgan fingerprint density at radius 3 is 0.690 bits per heavy atom. The summed E-state index contributed by atoms with van der Waals surface area (Å²) in [6.07, 6.45) is 14.6. The van der Waals surface area contributed by atoms with Crippen LogP contribution >= 0.6 is 0 Å². The summed E-state index contributed by atoms with van der Waals surface area (Å²) in [6, 6.07) is 30.1. The van der Waals surface area contributed by atoms with Crippen LogP contribution in [0.25, 0.3) is 0 Å². The zero-order valence-corrected chi connectivity index (χ0v) is 24.7. The SMILES string of the molecule is Oc1ccc(C(CCCCCCCCCCCCC(c2ccc(O)cc2)c2ccc(O)cc2)c2ccc(O)cc2)cc1. The standard InChI is InChI=1S/C38H46O4/c39-33-21-13-29(14-22-33)37(30-15-23-34(40)24-16-30)11-9-7-5-3-1-2-4-6-8-10-12-38(31-17-25-35(41)26-18-31)32-19-27-36(42)28-20-32/h13-28,37-42H,1-12H2. The molecule has 0 aliphatic heterocycles. The Morgan fingerprint density at radius 2 is 0.476 bits per heavy atom. The van der Waals surface area contributed by atoms with E-state index in [4.69, 9.17) is 0 Å². The van der Waals surface area contributed by atoms with Gasteiger partial charge in [0.05, 0.1) is 0 Å². The van der Waals surface area contributed by atoms with Crippen molar-refractivity contribution in [3.63, 3.8) is 0 Å². The summed E-state index contributed by atoms with van der Waals surface area (Å²) in [5.41, 5.74) is 4.82. The van der Waals surface area contributed by atoms with Crippen molar-refractivity contribution in [1.82, 2.24) is 0 Å². The lowest BCUT2D eigenvalue weighted by Crippen LogP contribution is -2.01. The molecule has 222 valence electrons. The molecule has 0 bridgehead atoms. The summed E-state index contributed by atoms with van der Waals surface area (Å²) < 4.78 is 0. The average molecular weight is 567 g/mol. The minimum atomic E-state index is 0.272. The first-order valence-electron chi connectivity index (χ1n) is 15.7. The normalized spacial score (nSPS) is 11.4. The second kappa shape index (κ2) is 16.5. The van der Waals surface area contributed by atoms with Gasteiger partial charge in [-0.05, 0) is 83.6 Å². The summed E-state index contributed by atoms with van der Waals surface area (Å²) in [5.74, 6) is 1.69. The number of hydrogen-bond acceptors (Lipinski definition) is 4. The van der Waals surface area contributed by atoms with Gasteiger partial charge in [0.15, 0.2) is 0 Å². The predicted molar refractivity (Wildman–Crippen MR) is 172 cm³/mol. The fourth-order valence-corrected chi connectivity index (χ4v) is 5.99. The first kappa shape index (κ1) is 31.0. The molecular weight excluding hydrogens is 520 g/mol. The third-order valence-electron chi connectivity index (χ3n) is 8.42. The summed E-state index contributed by atoms with van der Waals surface area (Å²) in [5, 5.41) is 38.8. The first-order valence-corrected chi connectivity index (χ1v) is 15.7. The molecule has 0 aromatic heterocycles. The van der Waals surface area contributed by atoms with Crippen LogP contribution in [0.4, 0.5) is 0 Å². The van der Waals surface area contributed by atoms with E-state index < -0.39 is 0 Å². The molecule has 0 radical (unpaired) electrons. The fourth-order valence-electron chi connectivity index (χ4n) is 5.99. The lowest BCUT2D eigenvalue weighted by atomic mass is 9.86. The molecule has 4 N–H and O–H groups in total. The van der Waals surface area contributed by atoms with Crippen LogP contribution in [0.3, 0.4) is 0 Å². The van der Waals surface area contributed by atoms with Gasteiger partial charge in [-0.25, -0.2) is 0 Å². The molecule has 0 aliphatic rings. The topological polar surface area (TPSA) is 80.9 Å². The fraction of sp³-hybridized carbons (Fsp3) is 0.368. The van der Waals surface area contributed by atoms with E-state index in [-0.39, 0.29) is 34.8 Å². The number of unbranched alkanes of at least 4 members (excludes halogenated alkanes) is 9. The molecule has 0 spiro atoms. The molecule has 0 saturated carbocycles. The first-order chi connectivity index (χ1) is 20.5. The van der Waals surface area contributed by atoms with Crippen LogP contribution in [0.1, 0.15) is 111 Å². The van der Waals surface area contributed by atoms with Crippen molar-refractivity contribution in [2.75, 3.05) is 0 Å². The highest BCUT2D eigenvalue weighted by Gasteiger charge is 2.15. The molecule has 0 unspecified atom stereocenters. The summed E-state index contributed by atoms with van der Waals surface area (Å²) in [4.78, 5) is 0. The van der Waals surface area contributed by atoms with E-state index in [1.807, 2.05) is 48.5 Å². The van der Waals surface area contributed by atoms with Gasteiger partial charge in [0, 0.05) is 11.8 Å². The molecule has 4 heteroatoms. The lowest BCUT2D eigenvalue weighted by Gasteiger charge is -2.18. The molecule has 0 fully saturated rings. The minimum absolute atomic E-state index is 0.272. The van der Waals surface area contributed by atoms with Crippen LogP contribution in [-0.2, 0) is 0 Å². The van der Waals surface area contributed by atoms with Crippen molar-refractivity contribution in [3.8, 4) is 23.0 Å². The van der Waals surface area contributed by atoms with Gasteiger partial charge in [0.2, 0.25) is 0 Å². The van der Waals surface area contributed by atoms with Gasteiger partial charge in [-0.1, -0.05) is 113 Å².